The molecule has 1 heterocycles. The first-order valence-corrected chi connectivity index (χ1v) is 13.0. The minimum atomic E-state index is -0.680. The number of ketones is 1. The monoisotopic (exact) mass is 503 g/mol. The van der Waals surface area contributed by atoms with Crippen LogP contribution < -0.4 is 4.90 Å². The highest BCUT2D eigenvalue weighted by Gasteiger charge is 2.67. The Morgan fingerprint density at radius 2 is 1.37 bits per heavy atom. The van der Waals surface area contributed by atoms with E-state index in [1.807, 2.05) is 42.5 Å². The molecule has 0 unspecified atom stereocenters. The summed E-state index contributed by atoms with van der Waals surface area (Å²) in [5.74, 6) is -0.633. The maximum atomic E-state index is 13.4. The van der Waals surface area contributed by atoms with E-state index in [1.165, 1.54) is 11.0 Å². The van der Waals surface area contributed by atoms with Gasteiger partial charge in [0.25, 0.3) is 0 Å². The molecule has 6 atom stereocenters. The lowest BCUT2D eigenvalue weighted by Crippen LogP contribution is -2.40. The van der Waals surface area contributed by atoms with Gasteiger partial charge in [-0.15, -0.1) is 0 Å². The molecule has 3 aromatic rings. The van der Waals surface area contributed by atoms with Gasteiger partial charge in [0.05, 0.1) is 23.1 Å². The Bertz CT molecular complexity index is 1470. The smallest absolute Gasteiger partial charge is 0.338 e. The van der Waals surface area contributed by atoms with Crippen molar-refractivity contribution in [3.05, 3.63) is 102 Å². The van der Waals surface area contributed by atoms with Crippen LogP contribution in [0.15, 0.2) is 91.0 Å². The Morgan fingerprint density at radius 3 is 2.03 bits per heavy atom. The Labute approximate surface area is 219 Å². The van der Waals surface area contributed by atoms with Crippen molar-refractivity contribution in [1.82, 2.24) is 0 Å². The minimum Gasteiger partial charge on any atom is -0.454 e. The van der Waals surface area contributed by atoms with E-state index in [9.17, 15) is 19.2 Å². The van der Waals surface area contributed by atoms with Gasteiger partial charge in [-0.1, -0.05) is 72.8 Å². The van der Waals surface area contributed by atoms with Gasteiger partial charge in [-0.05, 0) is 59.4 Å². The van der Waals surface area contributed by atoms with Gasteiger partial charge in [-0.2, -0.15) is 0 Å². The van der Waals surface area contributed by atoms with Crippen LogP contribution in [0.4, 0.5) is 5.69 Å². The molecule has 8 rings (SSSR count). The normalized spacial score (nSPS) is 28.2. The Hall–Kier alpha value is -4.32. The largest absolute Gasteiger partial charge is 0.454 e. The molecule has 6 heteroatoms. The van der Waals surface area contributed by atoms with Gasteiger partial charge >= 0.3 is 5.97 Å². The third-order valence-corrected chi connectivity index (χ3v) is 8.65. The van der Waals surface area contributed by atoms with Gasteiger partial charge < -0.3 is 4.74 Å². The SMILES string of the molecule is O=C(COC(=O)c1cccc(N2C(=O)[C@@H]3[C@H]4C=C[C@H]([C@H]5C[C@H]45)[C@@H]3C2=O)c1)c1ccc(-c2ccccc2)cc1. The van der Waals surface area contributed by atoms with E-state index in [1.54, 1.807) is 30.3 Å². The van der Waals surface area contributed by atoms with E-state index in [0.29, 0.717) is 23.1 Å². The average Bonchev–Trinajstić information content (AvgIpc) is 3.74. The van der Waals surface area contributed by atoms with Crippen LogP contribution in [-0.4, -0.2) is 30.2 Å². The molecule has 5 aliphatic rings. The molecule has 3 aromatic carbocycles. The number of benzene rings is 3. The standard InChI is InChI=1S/C32H25NO5/c34-27(20-11-9-19(10-12-20)18-5-2-1-3-6-18)17-38-32(37)21-7-4-8-22(15-21)33-30(35)28-23-13-14-24(26-16-25(23)26)29(28)31(33)36/h1-15,23-26,28-29H,16-17H2/t23-,24+,25-,26-,28+,29-/m1/s1. The summed E-state index contributed by atoms with van der Waals surface area (Å²) in [4.78, 5) is 53.5. The number of anilines is 1. The van der Waals surface area contributed by atoms with Crippen LogP contribution in [0.5, 0.6) is 0 Å². The van der Waals surface area contributed by atoms with Crippen molar-refractivity contribution in [2.75, 3.05) is 11.5 Å². The van der Waals surface area contributed by atoms with Crippen molar-refractivity contribution in [2.45, 2.75) is 6.42 Å². The number of amides is 2. The minimum absolute atomic E-state index is 0.136. The topological polar surface area (TPSA) is 80.8 Å². The highest BCUT2D eigenvalue weighted by molar-refractivity contribution is 6.23. The quantitative estimate of drug-likeness (QED) is 0.206. The summed E-state index contributed by atoms with van der Waals surface area (Å²) in [5, 5.41) is 0. The number of esters is 1. The zero-order chi connectivity index (χ0) is 26.0. The molecule has 38 heavy (non-hydrogen) atoms. The van der Waals surface area contributed by atoms with E-state index in [-0.39, 0.29) is 46.8 Å². The van der Waals surface area contributed by atoms with Crippen LogP contribution >= 0.6 is 0 Å². The molecular formula is C32H25NO5. The summed E-state index contributed by atoms with van der Waals surface area (Å²) in [6.45, 7) is -0.405. The molecule has 6 nitrogen and oxygen atoms in total. The second-order valence-electron chi connectivity index (χ2n) is 10.7. The lowest BCUT2D eigenvalue weighted by molar-refractivity contribution is -0.124. The first kappa shape index (κ1) is 22.8. The predicted molar refractivity (Wildman–Crippen MR) is 140 cm³/mol. The maximum Gasteiger partial charge on any atom is 0.338 e. The second-order valence-corrected chi connectivity index (χ2v) is 10.7. The molecule has 0 N–H and O–H groups in total. The molecule has 4 aliphatic carbocycles. The highest BCUT2D eigenvalue weighted by atomic mass is 16.5. The Kier molecular flexibility index (Phi) is 5.18. The molecule has 3 fully saturated rings. The van der Waals surface area contributed by atoms with Crippen LogP contribution in [0.3, 0.4) is 0 Å². The number of rotatable bonds is 6. The van der Waals surface area contributed by atoms with Gasteiger partial charge in [-0.3, -0.25) is 14.4 Å². The van der Waals surface area contributed by atoms with Crippen LogP contribution in [0.1, 0.15) is 27.1 Å². The average molecular weight is 504 g/mol. The van der Waals surface area contributed by atoms with Crippen molar-refractivity contribution >= 4 is 29.3 Å². The van der Waals surface area contributed by atoms with Gasteiger partial charge in [0.1, 0.15) is 0 Å². The van der Waals surface area contributed by atoms with Crippen molar-refractivity contribution in [1.29, 1.82) is 0 Å². The van der Waals surface area contributed by atoms with E-state index in [0.717, 1.165) is 17.5 Å². The van der Waals surface area contributed by atoms with Gasteiger partial charge in [0.2, 0.25) is 11.8 Å². The molecule has 2 bridgehead atoms. The molecule has 188 valence electrons. The third kappa shape index (κ3) is 3.55. The number of hydrogen-bond acceptors (Lipinski definition) is 5. The molecule has 0 aromatic heterocycles. The number of allylic oxidation sites excluding steroid dienone is 2. The van der Waals surface area contributed by atoms with Crippen LogP contribution in [-0.2, 0) is 14.3 Å². The Balaban J connectivity index is 1.03. The Morgan fingerprint density at radius 1 is 0.737 bits per heavy atom. The van der Waals surface area contributed by atoms with Gasteiger partial charge in [0.15, 0.2) is 12.4 Å². The summed E-state index contributed by atoms with van der Waals surface area (Å²) in [6, 6.07) is 23.4. The number of ether oxygens (including phenoxy) is 1. The van der Waals surface area contributed by atoms with E-state index < -0.39 is 12.6 Å². The van der Waals surface area contributed by atoms with Crippen LogP contribution in [0, 0.1) is 35.5 Å². The van der Waals surface area contributed by atoms with Crippen LogP contribution in [0.25, 0.3) is 11.1 Å². The number of imide groups is 1. The number of carbonyl (C=O) groups excluding carboxylic acids is 4. The summed E-state index contributed by atoms with van der Waals surface area (Å²) in [5.41, 5.74) is 3.05. The zero-order valence-corrected chi connectivity index (χ0v) is 20.5. The molecule has 2 saturated carbocycles. The van der Waals surface area contributed by atoms with Crippen molar-refractivity contribution < 1.29 is 23.9 Å². The lowest BCUT2D eigenvalue weighted by atomic mass is 9.63. The number of Topliss-reactive ketones (excluding diaryl/α,β-unsaturated/α-hetero) is 1. The zero-order valence-electron chi connectivity index (χ0n) is 20.5. The number of carbonyl (C=O) groups is 4. The third-order valence-electron chi connectivity index (χ3n) is 8.65. The van der Waals surface area contributed by atoms with Gasteiger partial charge in [0, 0.05) is 5.56 Å². The summed E-state index contributed by atoms with van der Waals surface area (Å²) >= 11 is 0. The molecule has 1 aliphatic heterocycles. The predicted octanol–water partition coefficient (Wildman–Crippen LogP) is 4.95. The van der Waals surface area contributed by atoms with Crippen molar-refractivity contribution in [2.24, 2.45) is 35.5 Å². The first-order valence-electron chi connectivity index (χ1n) is 13.0. The van der Waals surface area contributed by atoms with E-state index in [2.05, 4.69) is 12.2 Å². The maximum absolute atomic E-state index is 13.4. The summed E-state index contributed by atoms with van der Waals surface area (Å²) < 4.78 is 5.30. The molecule has 1 saturated heterocycles. The highest BCUT2D eigenvalue weighted by Crippen LogP contribution is 2.65. The molecule has 2 amide bonds. The van der Waals surface area contributed by atoms with E-state index >= 15 is 0 Å². The fourth-order valence-corrected chi connectivity index (χ4v) is 6.76. The molecular weight excluding hydrogens is 478 g/mol. The fraction of sp³-hybridized carbons (Fsp3) is 0.250. The second kappa shape index (κ2) is 8.62. The summed E-state index contributed by atoms with van der Waals surface area (Å²) in [7, 11) is 0. The van der Waals surface area contributed by atoms with Crippen LogP contribution in [0.2, 0.25) is 0 Å². The summed E-state index contributed by atoms with van der Waals surface area (Å²) in [6.07, 6.45) is 5.37. The lowest BCUT2D eigenvalue weighted by Gasteiger charge is -2.37. The molecule has 0 radical (unpaired) electrons. The van der Waals surface area contributed by atoms with E-state index in [4.69, 9.17) is 4.74 Å². The molecule has 0 spiro atoms. The van der Waals surface area contributed by atoms with Gasteiger partial charge in [-0.25, -0.2) is 9.69 Å². The number of nitrogens with zero attached hydrogens (tertiary/aromatic N) is 1. The van der Waals surface area contributed by atoms with Crippen molar-refractivity contribution in [3.63, 3.8) is 0 Å². The van der Waals surface area contributed by atoms with Crippen molar-refractivity contribution in [3.8, 4) is 11.1 Å². The fourth-order valence-electron chi connectivity index (χ4n) is 6.76. The first-order chi connectivity index (χ1) is 18.5. The number of hydrogen-bond donors (Lipinski definition) is 0.